The first kappa shape index (κ1) is 10.6. The zero-order chi connectivity index (χ0) is 10.4. The molecule has 0 unspecified atom stereocenters. The minimum atomic E-state index is -0.443. The second-order valence-electron chi connectivity index (χ2n) is 2.60. The van der Waals surface area contributed by atoms with Crippen molar-refractivity contribution in [3.8, 4) is 6.07 Å². The summed E-state index contributed by atoms with van der Waals surface area (Å²) in [6.07, 6.45) is 0. The number of hydrogen-bond acceptors (Lipinski definition) is 3. The van der Waals surface area contributed by atoms with Crippen LogP contribution in [0.1, 0.15) is 11.1 Å². The normalized spacial score (nSPS) is 9.14. The summed E-state index contributed by atoms with van der Waals surface area (Å²) in [7, 11) is 0. The van der Waals surface area contributed by atoms with Gasteiger partial charge in [0, 0.05) is 6.54 Å². The van der Waals surface area contributed by atoms with Gasteiger partial charge in [-0.1, -0.05) is 24.8 Å². The first-order valence-electron chi connectivity index (χ1n) is 3.93. The van der Waals surface area contributed by atoms with E-state index in [1.807, 2.05) is 12.1 Å². The lowest BCUT2D eigenvalue weighted by Crippen LogP contribution is -2.33. The van der Waals surface area contributed by atoms with Gasteiger partial charge in [-0.05, 0) is 17.7 Å². The molecule has 1 aromatic rings. The quantitative estimate of drug-likeness (QED) is 0.515. The molecule has 14 heavy (non-hydrogen) atoms. The molecule has 1 amide bonds. The van der Waals surface area contributed by atoms with Gasteiger partial charge in [-0.3, -0.25) is 10.2 Å². The Morgan fingerprint density at radius 1 is 1.57 bits per heavy atom. The lowest BCUT2D eigenvalue weighted by molar-refractivity contribution is 0.257. The second kappa shape index (κ2) is 5.27. The number of benzene rings is 1. The van der Waals surface area contributed by atoms with Crippen LogP contribution >= 0.6 is 12.6 Å². The third kappa shape index (κ3) is 3.47. The Labute approximate surface area is 87.3 Å². The van der Waals surface area contributed by atoms with E-state index in [2.05, 4.69) is 23.5 Å². The maximum Gasteiger partial charge on any atom is 0.290 e. The lowest BCUT2D eigenvalue weighted by atomic mass is 10.1. The number of nitrogens with zero attached hydrogens (tertiary/aromatic N) is 1. The molecule has 1 aromatic carbocycles. The number of nitriles is 1. The molecule has 0 aliphatic carbocycles. The molecule has 2 N–H and O–H groups in total. The highest BCUT2D eigenvalue weighted by molar-refractivity contribution is 7.96. The maximum absolute atomic E-state index is 10.4. The topological polar surface area (TPSA) is 64.9 Å². The summed E-state index contributed by atoms with van der Waals surface area (Å²) < 4.78 is 0. The van der Waals surface area contributed by atoms with Gasteiger partial charge >= 0.3 is 0 Å². The van der Waals surface area contributed by atoms with E-state index < -0.39 is 5.24 Å². The van der Waals surface area contributed by atoms with Gasteiger partial charge in [0.05, 0.1) is 11.6 Å². The number of carbonyl (C=O) groups is 1. The van der Waals surface area contributed by atoms with E-state index in [1.54, 1.807) is 18.2 Å². The highest BCUT2D eigenvalue weighted by Crippen LogP contribution is 2.02. The van der Waals surface area contributed by atoms with E-state index in [0.29, 0.717) is 12.1 Å². The van der Waals surface area contributed by atoms with Gasteiger partial charge in [0.25, 0.3) is 5.24 Å². The fraction of sp³-hybridized carbons (Fsp3) is 0.111. The summed E-state index contributed by atoms with van der Waals surface area (Å²) in [6, 6.07) is 9.16. The highest BCUT2D eigenvalue weighted by Gasteiger charge is 1.95. The number of thiol groups is 1. The van der Waals surface area contributed by atoms with Crippen LogP contribution in [0, 0.1) is 11.3 Å². The SMILES string of the molecule is N#Cc1cccc(CNNC(=O)S)c1. The molecule has 4 nitrogen and oxygen atoms in total. The van der Waals surface area contributed by atoms with Crippen molar-refractivity contribution >= 4 is 17.9 Å². The fourth-order valence-corrected chi connectivity index (χ4v) is 1.05. The molecule has 0 aromatic heterocycles. The molecule has 5 heteroatoms. The van der Waals surface area contributed by atoms with Crippen LogP contribution < -0.4 is 10.9 Å². The van der Waals surface area contributed by atoms with Crippen molar-refractivity contribution < 1.29 is 4.79 Å². The molecular weight excluding hydrogens is 198 g/mol. The van der Waals surface area contributed by atoms with Crippen molar-refractivity contribution in [2.45, 2.75) is 6.54 Å². The molecule has 1 rings (SSSR count). The van der Waals surface area contributed by atoms with E-state index in [-0.39, 0.29) is 0 Å². The number of hydrazine groups is 1. The molecular formula is C9H9N3OS. The van der Waals surface area contributed by atoms with Crippen molar-refractivity contribution in [1.29, 1.82) is 5.26 Å². The maximum atomic E-state index is 10.4. The lowest BCUT2D eigenvalue weighted by Gasteiger charge is -2.04. The zero-order valence-corrected chi connectivity index (χ0v) is 8.21. The van der Waals surface area contributed by atoms with E-state index in [1.165, 1.54) is 0 Å². The van der Waals surface area contributed by atoms with Gasteiger partial charge < -0.3 is 0 Å². The van der Waals surface area contributed by atoms with Crippen LogP contribution in [0.2, 0.25) is 0 Å². The van der Waals surface area contributed by atoms with Crippen LogP contribution in [0.5, 0.6) is 0 Å². The van der Waals surface area contributed by atoms with Gasteiger partial charge in [0.15, 0.2) is 0 Å². The highest BCUT2D eigenvalue weighted by atomic mass is 32.1. The summed E-state index contributed by atoms with van der Waals surface area (Å²) in [6.45, 7) is 0.460. The standard InChI is InChI=1S/C9H9N3OS/c10-5-7-2-1-3-8(4-7)6-11-12-9(13)14/h1-4,11H,6H2,(H2,12,13,14). The third-order valence-corrected chi connectivity index (χ3v) is 1.66. The van der Waals surface area contributed by atoms with Crippen LogP contribution in [-0.4, -0.2) is 5.24 Å². The fourth-order valence-electron chi connectivity index (χ4n) is 0.973. The largest absolute Gasteiger partial charge is 0.290 e. The van der Waals surface area contributed by atoms with E-state index >= 15 is 0 Å². The second-order valence-corrected chi connectivity index (χ2v) is 3.00. The average molecular weight is 207 g/mol. The molecule has 0 atom stereocenters. The number of carbonyl (C=O) groups excluding carboxylic acids is 1. The molecule has 0 bridgehead atoms. The molecule has 0 aliphatic heterocycles. The van der Waals surface area contributed by atoms with Crippen LogP contribution in [-0.2, 0) is 6.54 Å². The van der Waals surface area contributed by atoms with Gasteiger partial charge in [0.2, 0.25) is 0 Å². The van der Waals surface area contributed by atoms with Crippen LogP contribution in [0.3, 0.4) is 0 Å². The van der Waals surface area contributed by atoms with Crippen molar-refractivity contribution in [2.24, 2.45) is 0 Å². The zero-order valence-electron chi connectivity index (χ0n) is 7.32. The van der Waals surface area contributed by atoms with Crippen molar-refractivity contribution in [2.75, 3.05) is 0 Å². The van der Waals surface area contributed by atoms with E-state index in [9.17, 15) is 4.79 Å². The van der Waals surface area contributed by atoms with Crippen molar-refractivity contribution in [1.82, 2.24) is 10.9 Å². The molecule has 0 saturated carbocycles. The van der Waals surface area contributed by atoms with Gasteiger partial charge in [0.1, 0.15) is 0 Å². The number of amides is 1. The predicted molar refractivity (Wildman–Crippen MR) is 55.5 cm³/mol. The smallest absolute Gasteiger partial charge is 0.282 e. The van der Waals surface area contributed by atoms with Crippen molar-refractivity contribution in [3.63, 3.8) is 0 Å². The molecule has 0 aliphatic rings. The first-order valence-corrected chi connectivity index (χ1v) is 4.38. The van der Waals surface area contributed by atoms with Gasteiger partial charge in [-0.15, -0.1) is 0 Å². The summed E-state index contributed by atoms with van der Waals surface area (Å²) >= 11 is 3.52. The molecule has 0 fully saturated rings. The minimum Gasteiger partial charge on any atom is -0.282 e. The van der Waals surface area contributed by atoms with Crippen LogP contribution in [0.4, 0.5) is 4.79 Å². The minimum absolute atomic E-state index is 0.443. The summed E-state index contributed by atoms with van der Waals surface area (Å²) in [5, 5.41) is 8.18. The number of hydrogen-bond donors (Lipinski definition) is 3. The molecule has 0 spiro atoms. The molecule has 0 radical (unpaired) electrons. The van der Waals surface area contributed by atoms with E-state index in [0.717, 1.165) is 5.56 Å². The Morgan fingerprint density at radius 3 is 3.00 bits per heavy atom. The third-order valence-electron chi connectivity index (χ3n) is 1.54. The Kier molecular flexibility index (Phi) is 3.98. The summed E-state index contributed by atoms with van der Waals surface area (Å²) in [5.74, 6) is 0. The number of nitrogens with one attached hydrogen (secondary N) is 2. The van der Waals surface area contributed by atoms with Gasteiger partial charge in [-0.25, -0.2) is 5.43 Å². The monoisotopic (exact) mass is 207 g/mol. The van der Waals surface area contributed by atoms with Crippen molar-refractivity contribution in [3.05, 3.63) is 35.4 Å². The molecule has 72 valence electrons. The van der Waals surface area contributed by atoms with E-state index in [4.69, 9.17) is 5.26 Å². The summed E-state index contributed by atoms with van der Waals surface area (Å²) in [5.41, 5.74) is 6.51. The number of rotatable bonds is 3. The average Bonchev–Trinajstić information content (AvgIpc) is 2.18. The molecule has 0 saturated heterocycles. The van der Waals surface area contributed by atoms with Gasteiger partial charge in [-0.2, -0.15) is 5.26 Å². The Hall–Kier alpha value is -1.51. The Morgan fingerprint density at radius 2 is 2.36 bits per heavy atom. The van der Waals surface area contributed by atoms with Crippen LogP contribution in [0.15, 0.2) is 24.3 Å². The summed E-state index contributed by atoms with van der Waals surface area (Å²) in [4.78, 5) is 10.4. The first-order chi connectivity index (χ1) is 6.72. The Bertz CT molecular complexity index is 373. The van der Waals surface area contributed by atoms with Crippen LogP contribution in [0.25, 0.3) is 0 Å². The molecule has 0 heterocycles. The predicted octanol–water partition coefficient (Wildman–Crippen LogP) is 1.20. The Balaban J connectivity index is 2.51.